The predicted molar refractivity (Wildman–Crippen MR) is 60.5 cm³/mol. The molecule has 0 radical (unpaired) electrons. The second-order valence-corrected chi connectivity index (χ2v) is 3.41. The van der Waals surface area contributed by atoms with Crippen molar-refractivity contribution in [3.63, 3.8) is 0 Å². The average molecular weight is 224 g/mol. The first kappa shape index (κ1) is 12.4. The molecular formula is C12H16O4. The van der Waals surface area contributed by atoms with E-state index >= 15 is 0 Å². The SMILES string of the molecule is CCCc1c(OC)cc(OC)cc1C(=O)O. The Balaban J connectivity index is 3.34. The van der Waals surface area contributed by atoms with Gasteiger partial charge in [0.2, 0.25) is 0 Å². The number of benzene rings is 1. The molecule has 0 atom stereocenters. The van der Waals surface area contributed by atoms with E-state index in [2.05, 4.69) is 0 Å². The summed E-state index contributed by atoms with van der Waals surface area (Å²) in [7, 11) is 3.03. The van der Waals surface area contributed by atoms with E-state index < -0.39 is 5.97 Å². The van der Waals surface area contributed by atoms with Crippen molar-refractivity contribution < 1.29 is 19.4 Å². The summed E-state index contributed by atoms with van der Waals surface area (Å²) < 4.78 is 10.2. The highest BCUT2D eigenvalue weighted by atomic mass is 16.5. The van der Waals surface area contributed by atoms with Gasteiger partial charge in [-0.05, 0) is 12.5 Å². The number of methoxy groups -OCH3 is 2. The zero-order chi connectivity index (χ0) is 12.1. The Morgan fingerprint density at radius 2 is 2.00 bits per heavy atom. The van der Waals surface area contributed by atoms with Gasteiger partial charge >= 0.3 is 5.97 Å². The number of carboxylic acids is 1. The maximum Gasteiger partial charge on any atom is 0.336 e. The lowest BCUT2D eigenvalue weighted by atomic mass is 10.0. The lowest BCUT2D eigenvalue weighted by Crippen LogP contribution is -2.05. The van der Waals surface area contributed by atoms with Crippen LogP contribution >= 0.6 is 0 Å². The van der Waals surface area contributed by atoms with Gasteiger partial charge in [0.25, 0.3) is 0 Å². The molecule has 0 spiro atoms. The molecule has 16 heavy (non-hydrogen) atoms. The van der Waals surface area contributed by atoms with E-state index in [1.54, 1.807) is 6.07 Å². The van der Waals surface area contributed by atoms with Crippen molar-refractivity contribution in [3.8, 4) is 11.5 Å². The van der Waals surface area contributed by atoms with Gasteiger partial charge in [0.1, 0.15) is 11.5 Å². The van der Waals surface area contributed by atoms with Crippen LogP contribution in [-0.4, -0.2) is 25.3 Å². The van der Waals surface area contributed by atoms with Crippen LogP contribution in [-0.2, 0) is 6.42 Å². The van der Waals surface area contributed by atoms with Crippen LogP contribution < -0.4 is 9.47 Å². The highest BCUT2D eigenvalue weighted by Gasteiger charge is 2.16. The van der Waals surface area contributed by atoms with E-state index in [0.717, 1.165) is 12.0 Å². The van der Waals surface area contributed by atoms with Gasteiger partial charge in [-0.15, -0.1) is 0 Å². The third-order valence-corrected chi connectivity index (χ3v) is 2.37. The lowest BCUT2D eigenvalue weighted by Gasteiger charge is -2.13. The van der Waals surface area contributed by atoms with Crippen molar-refractivity contribution in [2.24, 2.45) is 0 Å². The number of carbonyl (C=O) groups is 1. The fourth-order valence-corrected chi connectivity index (χ4v) is 1.62. The predicted octanol–water partition coefficient (Wildman–Crippen LogP) is 2.35. The van der Waals surface area contributed by atoms with Crippen LogP contribution in [0.25, 0.3) is 0 Å². The molecule has 1 aromatic rings. The zero-order valence-electron chi connectivity index (χ0n) is 9.74. The van der Waals surface area contributed by atoms with Gasteiger partial charge in [-0.2, -0.15) is 0 Å². The molecule has 0 aliphatic carbocycles. The molecule has 1 N–H and O–H groups in total. The Labute approximate surface area is 94.8 Å². The minimum atomic E-state index is -0.958. The molecule has 0 aromatic heterocycles. The smallest absolute Gasteiger partial charge is 0.336 e. The molecule has 0 bridgehead atoms. The van der Waals surface area contributed by atoms with E-state index in [9.17, 15) is 4.79 Å². The molecule has 0 fully saturated rings. The summed E-state index contributed by atoms with van der Waals surface area (Å²) >= 11 is 0. The minimum Gasteiger partial charge on any atom is -0.497 e. The summed E-state index contributed by atoms with van der Waals surface area (Å²) in [5.74, 6) is 0.105. The second kappa shape index (κ2) is 5.39. The van der Waals surface area contributed by atoms with Crippen LogP contribution in [0, 0.1) is 0 Å². The molecule has 0 saturated heterocycles. The summed E-state index contributed by atoms with van der Waals surface area (Å²) in [6.07, 6.45) is 1.54. The van der Waals surface area contributed by atoms with Crippen molar-refractivity contribution >= 4 is 5.97 Å². The summed E-state index contributed by atoms with van der Waals surface area (Å²) in [5, 5.41) is 9.12. The van der Waals surface area contributed by atoms with E-state index in [0.29, 0.717) is 17.9 Å². The van der Waals surface area contributed by atoms with Gasteiger partial charge in [0, 0.05) is 11.6 Å². The number of hydrogen-bond acceptors (Lipinski definition) is 3. The number of aromatic carboxylic acids is 1. The Morgan fingerprint density at radius 1 is 1.31 bits per heavy atom. The highest BCUT2D eigenvalue weighted by molar-refractivity contribution is 5.91. The molecule has 88 valence electrons. The third kappa shape index (κ3) is 2.45. The van der Waals surface area contributed by atoms with Crippen LogP contribution in [0.4, 0.5) is 0 Å². The van der Waals surface area contributed by atoms with Crippen molar-refractivity contribution in [2.45, 2.75) is 19.8 Å². The topological polar surface area (TPSA) is 55.8 Å². The summed E-state index contributed by atoms with van der Waals surface area (Å²) in [4.78, 5) is 11.1. The first-order valence-corrected chi connectivity index (χ1v) is 5.12. The van der Waals surface area contributed by atoms with Crippen LogP contribution in [0.1, 0.15) is 29.3 Å². The molecule has 1 aromatic carbocycles. The second-order valence-electron chi connectivity index (χ2n) is 3.41. The Hall–Kier alpha value is -1.71. The maximum absolute atomic E-state index is 11.1. The molecule has 0 saturated carbocycles. The van der Waals surface area contributed by atoms with Crippen molar-refractivity contribution in [2.75, 3.05) is 14.2 Å². The summed E-state index contributed by atoms with van der Waals surface area (Å²) in [6.45, 7) is 2.00. The number of rotatable bonds is 5. The average Bonchev–Trinajstić information content (AvgIpc) is 2.29. The van der Waals surface area contributed by atoms with E-state index in [4.69, 9.17) is 14.6 Å². The highest BCUT2D eigenvalue weighted by Crippen LogP contribution is 2.29. The monoisotopic (exact) mass is 224 g/mol. The van der Waals surface area contributed by atoms with Crippen LogP contribution in [0.15, 0.2) is 12.1 Å². The van der Waals surface area contributed by atoms with Gasteiger partial charge in [-0.1, -0.05) is 13.3 Å². The molecule has 4 nitrogen and oxygen atoms in total. The minimum absolute atomic E-state index is 0.248. The fraction of sp³-hybridized carbons (Fsp3) is 0.417. The Morgan fingerprint density at radius 3 is 2.44 bits per heavy atom. The first-order valence-electron chi connectivity index (χ1n) is 5.12. The summed E-state index contributed by atoms with van der Waals surface area (Å²) in [6, 6.07) is 3.23. The van der Waals surface area contributed by atoms with Crippen LogP contribution in [0.5, 0.6) is 11.5 Å². The van der Waals surface area contributed by atoms with Crippen molar-refractivity contribution in [1.82, 2.24) is 0 Å². The number of hydrogen-bond donors (Lipinski definition) is 1. The molecule has 0 amide bonds. The van der Waals surface area contributed by atoms with Gasteiger partial charge in [-0.25, -0.2) is 4.79 Å². The molecule has 0 aliphatic rings. The summed E-state index contributed by atoms with van der Waals surface area (Å²) in [5.41, 5.74) is 0.969. The van der Waals surface area contributed by atoms with E-state index in [-0.39, 0.29) is 5.56 Å². The van der Waals surface area contributed by atoms with Crippen LogP contribution in [0.3, 0.4) is 0 Å². The van der Waals surface area contributed by atoms with Gasteiger partial charge < -0.3 is 14.6 Å². The standard InChI is InChI=1S/C12H16O4/c1-4-5-9-10(12(13)14)6-8(15-2)7-11(9)16-3/h6-7H,4-5H2,1-3H3,(H,13,14). The van der Waals surface area contributed by atoms with Crippen LogP contribution in [0.2, 0.25) is 0 Å². The number of carboxylic acid groups (broad SMARTS) is 1. The third-order valence-electron chi connectivity index (χ3n) is 2.37. The first-order chi connectivity index (χ1) is 7.63. The van der Waals surface area contributed by atoms with Gasteiger partial charge in [0.15, 0.2) is 0 Å². The van der Waals surface area contributed by atoms with Crippen molar-refractivity contribution in [1.29, 1.82) is 0 Å². The Bertz CT molecular complexity index is 385. The quantitative estimate of drug-likeness (QED) is 0.834. The van der Waals surface area contributed by atoms with E-state index in [1.165, 1.54) is 20.3 Å². The van der Waals surface area contributed by atoms with Gasteiger partial charge in [0.05, 0.1) is 19.8 Å². The van der Waals surface area contributed by atoms with Gasteiger partial charge in [-0.3, -0.25) is 0 Å². The normalized spacial score (nSPS) is 9.94. The zero-order valence-corrected chi connectivity index (χ0v) is 9.74. The molecule has 0 unspecified atom stereocenters. The lowest BCUT2D eigenvalue weighted by molar-refractivity contribution is 0.0694. The molecular weight excluding hydrogens is 208 g/mol. The molecule has 4 heteroatoms. The molecule has 0 heterocycles. The van der Waals surface area contributed by atoms with Crippen molar-refractivity contribution in [3.05, 3.63) is 23.3 Å². The molecule has 1 rings (SSSR count). The maximum atomic E-state index is 11.1. The fourth-order valence-electron chi connectivity index (χ4n) is 1.62. The number of ether oxygens (including phenoxy) is 2. The van der Waals surface area contributed by atoms with E-state index in [1.807, 2.05) is 6.92 Å². The Kier molecular flexibility index (Phi) is 4.17. The molecule has 0 aliphatic heterocycles. The largest absolute Gasteiger partial charge is 0.497 e.